The molecule has 0 aliphatic rings. The van der Waals surface area contributed by atoms with E-state index in [0.29, 0.717) is 11.4 Å². The zero-order valence-corrected chi connectivity index (χ0v) is 20.0. The van der Waals surface area contributed by atoms with Gasteiger partial charge in [0.1, 0.15) is 18.1 Å². The molecule has 0 fully saturated rings. The molecule has 13 heteroatoms. The summed E-state index contributed by atoms with van der Waals surface area (Å²) in [7, 11) is 0. The van der Waals surface area contributed by atoms with Crippen molar-refractivity contribution in [2.24, 2.45) is 11.7 Å². The fourth-order valence-electron chi connectivity index (χ4n) is 2.75. The van der Waals surface area contributed by atoms with Crippen LogP contribution in [-0.2, 0) is 25.6 Å². The number of aromatic amines is 1. The van der Waals surface area contributed by atoms with Gasteiger partial charge < -0.3 is 31.8 Å². The number of carboxylic acids is 1. The molecule has 0 saturated heterocycles. The van der Waals surface area contributed by atoms with E-state index in [1.54, 1.807) is 20.0 Å². The Morgan fingerprint density at radius 1 is 1.16 bits per heavy atom. The van der Waals surface area contributed by atoms with Crippen LogP contribution in [0, 0.1) is 5.92 Å². The number of aromatic nitrogens is 2. The molecule has 0 aliphatic carbocycles. The Kier molecular flexibility index (Phi) is 12.2. The summed E-state index contributed by atoms with van der Waals surface area (Å²) in [6.45, 7) is 3.51. The highest BCUT2D eigenvalue weighted by Gasteiger charge is 2.31. The van der Waals surface area contributed by atoms with E-state index in [9.17, 15) is 19.2 Å². The predicted molar refractivity (Wildman–Crippen MR) is 125 cm³/mol. The number of amides is 3. The summed E-state index contributed by atoms with van der Waals surface area (Å²) in [6, 6.07) is -3.97. The number of carbonyl (C=O) groups is 4. The molecule has 0 aliphatic heterocycles. The monoisotopic (exact) mass is 488 g/mol. The molecule has 4 unspecified atom stereocenters. The van der Waals surface area contributed by atoms with Gasteiger partial charge in [-0.25, -0.2) is 9.78 Å². The lowest BCUT2D eigenvalue weighted by molar-refractivity contribution is -0.141. The lowest BCUT2D eigenvalue weighted by Gasteiger charge is -2.26. The summed E-state index contributed by atoms with van der Waals surface area (Å²) in [5, 5.41) is 16.8. The van der Waals surface area contributed by atoms with E-state index in [1.165, 1.54) is 18.1 Å². The van der Waals surface area contributed by atoms with Crippen LogP contribution in [0.3, 0.4) is 0 Å². The third-order valence-corrected chi connectivity index (χ3v) is 5.63. The van der Waals surface area contributed by atoms with Crippen molar-refractivity contribution < 1.29 is 24.3 Å². The third-order valence-electron chi connectivity index (χ3n) is 4.62. The molecule has 0 saturated carbocycles. The SMILES string of the molecule is CSCCC(NC(=O)C(NC(=O)C(N)Cc1cnc[nH]1)C(C)C)C(=O)NC(CS)C(=O)O. The molecule has 4 atom stereocenters. The number of nitrogens with two attached hydrogens (primary N) is 1. The van der Waals surface area contributed by atoms with E-state index in [1.807, 2.05) is 6.26 Å². The summed E-state index contributed by atoms with van der Waals surface area (Å²) < 4.78 is 0. The Bertz CT molecular complexity index is 761. The highest BCUT2D eigenvalue weighted by atomic mass is 32.2. The minimum absolute atomic E-state index is 0.0941. The molecule has 32 heavy (non-hydrogen) atoms. The fourth-order valence-corrected chi connectivity index (χ4v) is 3.46. The van der Waals surface area contributed by atoms with Gasteiger partial charge in [0.2, 0.25) is 17.7 Å². The van der Waals surface area contributed by atoms with Crippen molar-refractivity contribution in [1.82, 2.24) is 25.9 Å². The van der Waals surface area contributed by atoms with Crippen LogP contribution in [0.5, 0.6) is 0 Å². The fraction of sp³-hybridized carbons (Fsp3) is 0.632. The first kappa shape index (κ1) is 27.8. The number of thioether (sulfide) groups is 1. The van der Waals surface area contributed by atoms with Crippen LogP contribution in [0.2, 0.25) is 0 Å². The van der Waals surface area contributed by atoms with Crippen molar-refractivity contribution in [1.29, 1.82) is 0 Å². The zero-order valence-electron chi connectivity index (χ0n) is 18.3. The first-order valence-electron chi connectivity index (χ1n) is 10.1. The van der Waals surface area contributed by atoms with E-state index in [2.05, 4.69) is 38.5 Å². The molecule has 0 aromatic carbocycles. The zero-order chi connectivity index (χ0) is 24.3. The van der Waals surface area contributed by atoms with Gasteiger partial charge in [-0.1, -0.05) is 13.8 Å². The molecule has 180 valence electrons. The molecular formula is C19H32N6O5S2. The summed E-state index contributed by atoms with van der Waals surface area (Å²) >= 11 is 5.41. The quantitative estimate of drug-likeness (QED) is 0.166. The van der Waals surface area contributed by atoms with Crippen LogP contribution in [0.25, 0.3) is 0 Å². The Labute approximate surface area is 196 Å². The summed E-state index contributed by atoms with van der Waals surface area (Å²) in [6.07, 6.45) is 5.40. The number of aliphatic carboxylic acids is 1. The first-order chi connectivity index (χ1) is 15.1. The number of carbonyl (C=O) groups excluding carboxylic acids is 3. The maximum absolute atomic E-state index is 12.9. The standard InChI is InChI=1S/C19H32N6O5S2/c1-10(2)15(25-16(26)12(20)6-11-7-21-9-22-11)18(28)23-13(4-5-32-3)17(27)24-14(8-31)19(29)30/h7,9-10,12-15,31H,4-6,8,20H2,1-3H3,(H,21,22)(H,23,28)(H,24,27)(H,25,26)(H,29,30). The molecule has 11 nitrogen and oxygen atoms in total. The van der Waals surface area contributed by atoms with Crippen LogP contribution >= 0.6 is 24.4 Å². The highest BCUT2D eigenvalue weighted by molar-refractivity contribution is 7.98. The van der Waals surface area contributed by atoms with Gasteiger partial charge >= 0.3 is 5.97 Å². The molecule has 1 heterocycles. The average molecular weight is 489 g/mol. The number of thiol groups is 1. The number of nitrogens with one attached hydrogen (secondary N) is 4. The minimum atomic E-state index is -1.22. The Morgan fingerprint density at radius 2 is 1.81 bits per heavy atom. The Balaban J connectivity index is 2.84. The normalized spacial score (nSPS) is 14.8. The van der Waals surface area contributed by atoms with Crippen LogP contribution in [0.15, 0.2) is 12.5 Å². The van der Waals surface area contributed by atoms with E-state index in [4.69, 9.17) is 10.8 Å². The van der Waals surface area contributed by atoms with E-state index < -0.39 is 47.9 Å². The van der Waals surface area contributed by atoms with Gasteiger partial charge in [-0.05, 0) is 24.3 Å². The molecule has 7 N–H and O–H groups in total. The largest absolute Gasteiger partial charge is 0.480 e. The molecule has 0 radical (unpaired) electrons. The van der Waals surface area contributed by atoms with Gasteiger partial charge in [0.05, 0.1) is 12.4 Å². The number of imidazole rings is 1. The van der Waals surface area contributed by atoms with Gasteiger partial charge in [0.15, 0.2) is 0 Å². The number of hydrogen-bond acceptors (Lipinski definition) is 8. The van der Waals surface area contributed by atoms with Crippen LogP contribution in [0.1, 0.15) is 26.0 Å². The lowest BCUT2D eigenvalue weighted by atomic mass is 10.0. The summed E-state index contributed by atoms with van der Waals surface area (Å²) in [4.78, 5) is 56.0. The van der Waals surface area contributed by atoms with Gasteiger partial charge in [-0.3, -0.25) is 14.4 Å². The van der Waals surface area contributed by atoms with E-state index >= 15 is 0 Å². The molecule has 1 rings (SSSR count). The predicted octanol–water partition coefficient (Wildman–Crippen LogP) is -0.843. The average Bonchev–Trinajstić information content (AvgIpc) is 3.24. The van der Waals surface area contributed by atoms with Gasteiger partial charge in [0.25, 0.3) is 0 Å². The number of nitrogens with zero attached hydrogens (tertiary/aromatic N) is 1. The molecule has 0 bridgehead atoms. The van der Waals surface area contributed by atoms with Crippen molar-refractivity contribution in [3.05, 3.63) is 18.2 Å². The third kappa shape index (κ3) is 9.09. The van der Waals surface area contributed by atoms with Gasteiger partial charge in [-0.15, -0.1) is 0 Å². The Hall–Kier alpha value is -2.25. The number of hydrogen-bond donors (Lipinski definition) is 7. The van der Waals surface area contributed by atoms with E-state index in [-0.39, 0.29) is 24.5 Å². The maximum Gasteiger partial charge on any atom is 0.327 e. The van der Waals surface area contributed by atoms with Crippen LogP contribution < -0.4 is 21.7 Å². The Morgan fingerprint density at radius 3 is 2.31 bits per heavy atom. The minimum Gasteiger partial charge on any atom is -0.480 e. The first-order valence-corrected chi connectivity index (χ1v) is 12.1. The number of carboxylic acid groups (broad SMARTS) is 1. The van der Waals surface area contributed by atoms with Crippen LogP contribution in [0.4, 0.5) is 0 Å². The number of H-pyrrole nitrogens is 1. The maximum atomic E-state index is 12.9. The molecule has 0 spiro atoms. The molecule has 3 amide bonds. The van der Waals surface area contributed by atoms with Crippen LogP contribution in [-0.4, -0.2) is 80.7 Å². The lowest BCUT2D eigenvalue weighted by Crippen LogP contribution is -2.58. The second-order valence-corrected chi connectivity index (χ2v) is 8.89. The summed E-state index contributed by atoms with van der Waals surface area (Å²) in [5.41, 5.74) is 6.63. The highest BCUT2D eigenvalue weighted by Crippen LogP contribution is 2.07. The smallest absolute Gasteiger partial charge is 0.327 e. The second kappa shape index (κ2) is 14.0. The van der Waals surface area contributed by atoms with Crippen molar-refractivity contribution in [2.45, 2.75) is 50.9 Å². The van der Waals surface area contributed by atoms with Gasteiger partial charge in [-0.2, -0.15) is 24.4 Å². The van der Waals surface area contributed by atoms with Gasteiger partial charge in [0, 0.05) is 24.1 Å². The number of rotatable bonds is 14. The summed E-state index contributed by atoms with van der Waals surface area (Å²) in [5.74, 6) is -2.73. The van der Waals surface area contributed by atoms with Crippen molar-refractivity contribution >= 4 is 48.1 Å². The molecular weight excluding hydrogens is 456 g/mol. The van der Waals surface area contributed by atoms with E-state index in [0.717, 1.165) is 0 Å². The van der Waals surface area contributed by atoms with Crippen molar-refractivity contribution in [3.63, 3.8) is 0 Å². The van der Waals surface area contributed by atoms with Crippen molar-refractivity contribution in [3.8, 4) is 0 Å². The van der Waals surface area contributed by atoms with Crippen molar-refractivity contribution in [2.75, 3.05) is 17.8 Å². The molecule has 1 aromatic rings. The second-order valence-electron chi connectivity index (χ2n) is 7.54. The molecule has 1 aromatic heterocycles. The topological polar surface area (TPSA) is 179 Å².